The minimum atomic E-state index is 0.616. The summed E-state index contributed by atoms with van der Waals surface area (Å²) in [5.41, 5.74) is 3.25. The van der Waals surface area contributed by atoms with Gasteiger partial charge in [-0.15, -0.1) is 0 Å². The monoisotopic (exact) mass is 310 g/mol. The molecular weight excluding hydrogens is 287 g/mol. The van der Waals surface area contributed by atoms with Gasteiger partial charge in [-0.05, 0) is 25.5 Å². The minimum Gasteiger partial charge on any atom is -0.427 e. The van der Waals surface area contributed by atoms with Crippen molar-refractivity contribution in [2.75, 3.05) is 13.7 Å². The molecular formula is C17H23BN4O. The van der Waals surface area contributed by atoms with Crippen molar-refractivity contribution in [3.63, 3.8) is 0 Å². The number of rotatable bonds is 8. The van der Waals surface area contributed by atoms with Gasteiger partial charge in [0.1, 0.15) is 11.3 Å². The maximum atomic E-state index is 5.00. The summed E-state index contributed by atoms with van der Waals surface area (Å²) in [6.45, 7) is 4.13. The smallest absolute Gasteiger partial charge is 0.360 e. The molecule has 3 aromatic rings. The number of hydrogen-bond acceptors (Lipinski definition) is 4. The van der Waals surface area contributed by atoms with Gasteiger partial charge in [0, 0.05) is 25.5 Å². The van der Waals surface area contributed by atoms with Gasteiger partial charge in [-0.3, -0.25) is 4.98 Å². The Bertz CT molecular complexity index is 787. The molecule has 0 atom stereocenters. The molecule has 3 rings (SSSR count). The first-order valence-electron chi connectivity index (χ1n) is 8.27. The van der Waals surface area contributed by atoms with Gasteiger partial charge in [0.2, 0.25) is 0 Å². The summed E-state index contributed by atoms with van der Waals surface area (Å²) in [5.74, 6) is 1.14. The van der Waals surface area contributed by atoms with Crippen LogP contribution in [0.5, 0.6) is 0 Å². The molecule has 0 saturated heterocycles. The quantitative estimate of drug-likeness (QED) is 0.513. The van der Waals surface area contributed by atoms with Crippen molar-refractivity contribution in [2.24, 2.45) is 0 Å². The first-order valence-corrected chi connectivity index (χ1v) is 8.27. The van der Waals surface area contributed by atoms with Crippen LogP contribution in [-0.2, 0) is 17.6 Å². The Balaban J connectivity index is 1.86. The Morgan fingerprint density at radius 3 is 2.91 bits per heavy atom. The molecule has 6 heteroatoms. The molecule has 0 aliphatic rings. The van der Waals surface area contributed by atoms with Gasteiger partial charge in [0.15, 0.2) is 0 Å². The van der Waals surface area contributed by atoms with Crippen LogP contribution in [0, 0.1) is 0 Å². The van der Waals surface area contributed by atoms with Crippen molar-refractivity contribution in [2.45, 2.75) is 32.7 Å². The topological polar surface area (TPSA) is 52.0 Å². The van der Waals surface area contributed by atoms with Crippen LogP contribution in [0.25, 0.3) is 21.9 Å². The van der Waals surface area contributed by atoms with Crippen LogP contribution in [0.4, 0.5) is 0 Å². The van der Waals surface area contributed by atoms with Gasteiger partial charge in [-0.1, -0.05) is 25.1 Å². The molecule has 0 aliphatic carbocycles. The number of nitrogens with zero attached hydrogens (tertiary/aromatic N) is 3. The normalized spacial score (nSPS) is 11.4. The summed E-state index contributed by atoms with van der Waals surface area (Å²) in [6, 6.07) is 8.31. The van der Waals surface area contributed by atoms with Crippen molar-refractivity contribution < 1.29 is 4.65 Å². The zero-order valence-corrected chi connectivity index (χ0v) is 13.9. The summed E-state index contributed by atoms with van der Waals surface area (Å²) < 4.78 is 7.37. The third-order valence-corrected chi connectivity index (χ3v) is 4.11. The van der Waals surface area contributed by atoms with E-state index < -0.39 is 0 Å². The molecule has 0 amide bonds. The zero-order chi connectivity index (χ0) is 16.1. The van der Waals surface area contributed by atoms with Gasteiger partial charge < -0.3 is 14.4 Å². The third-order valence-electron chi connectivity index (χ3n) is 4.11. The number of para-hydroxylation sites is 1. The van der Waals surface area contributed by atoms with Crippen molar-refractivity contribution in [1.29, 1.82) is 0 Å². The van der Waals surface area contributed by atoms with Crippen LogP contribution >= 0.6 is 0 Å². The maximum Gasteiger partial charge on any atom is 0.360 e. The van der Waals surface area contributed by atoms with Crippen LogP contribution in [0.2, 0.25) is 0 Å². The average molecular weight is 310 g/mol. The summed E-state index contributed by atoms with van der Waals surface area (Å²) >= 11 is 0. The van der Waals surface area contributed by atoms with Crippen LogP contribution in [0.1, 0.15) is 25.6 Å². The number of hydrogen-bond donors (Lipinski definition) is 1. The third kappa shape index (κ3) is 3.38. The van der Waals surface area contributed by atoms with E-state index >= 15 is 0 Å². The summed E-state index contributed by atoms with van der Waals surface area (Å²) in [5, 5.41) is 4.44. The van der Waals surface area contributed by atoms with E-state index in [1.165, 1.54) is 10.9 Å². The molecule has 2 heterocycles. The highest BCUT2D eigenvalue weighted by Crippen LogP contribution is 2.25. The second kappa shape index (κ2) is 7.57. The Labute approximate surface area is 137 Å². The number of pyridine rings is 1. The lowest BCUT2D eigenvalue weighted by molar-refractivity contribution is 0.429. The second-order valence-electron chi connectivity index (χ2n) is 5.68. The number of aromatic nitrogens is 3. The average Bonchev–Trinajstić information content (AvgIpc) is 2.96. The predicted octanol–water partition coefficient (Wildman–Crippen LogP) is 2.43. The van der Waals surface area contributed by atoms with E-state index in [4.69, 9.17) is 9.64 Å². The van der Waals surface area contributed by atoms with E-state index in [2.05, 4.69) is 39.9 Å². The highest BCUT2D eigenvalue weighted by Gasteiger charge is 2.12. The van der Waals surface area contributed by atoms with Gasteiger partial charge in [-0.2, -0.15) is 0 Å². The van der Waals surface area contributed by atoms with E-state index in [-0.39, 0.29) is 0 Å². The summed E-state index contributed by atoms with van der Waals surface area (Å²) in [4.78, 5) is 9.30. The Morgan fingerprint density at radius 1 is 1.22 bits per heavy atom. The molecule has 120 valence electrons. The molecule has 0 unspecified atom stereocenters. The SMILES string of the molecule is CCc1nc2cnc3ccccc3c2n1CCCCNBOC. The van der Waals surface area contributed by atoms with E-state index in [0.29, 0.717) is 7.62 Å². The fraction of sp³-hybridized carbons (Fsp3) is 0.412. The van der Waals surface area contributed by atoms with Gasteiger partial charge in [-0.25, -0.2) is 4.98 Å². The Kier molecular flexibility index (Phi) is 5.25. The second-order valence-corrected chi connectivity index (χ2v) is 5.68. The fourth-order valence-electron chi connectivity index (χ4n) is 3.02. The van der Waals surface area contributed by atoms with Crippen LogP contribution in [0.15, 0.2) is 30.5 Å². The molecule has 0 aliphatic heterocycles. The maximum absolute atomic E-state index is 5.00. The van der Waals surface area contributed by atoms with Crippen LogP contribution in [0.3, 0.4) is 0 Å². The largest absolute Gasteiger partial charge is 0.427 e. The predicted molar refractivity (Wildman–Crippen MR) is 95.8 cm³/mol. The first-order chi connectivity index (χ1) is 11.3. The Hall–Kier alpha value is -1.92. The first kappa shape index (κ1) is 16.0. The fourth-order valence-corrected chi connectivity index (χ4v) is 3.02. The molecule has 0 bridgehead atoms. The molecule has 1 N–H and O–H groups in total. The molecule has 0 fully saturated rings. The highest BCUT2D eigenvalue weighted by molar-refractivity contribution is 6.23. The molecule has 0 spiro atoms. The van der Waals surface area contributed by atoms with Crippen molar-refractivity contribution in [1.82, 2.24) is 19.8 Å². The molecule has 2 aromatic heterocycles. The molecule has 23 heavy (non-hydrogen) atoms. The summed E-state index contributed by atoms with van der Waals surface area (Å²) in [7, 11) is 2.32. The van der Waals surface area contributed by atoms with Crippen LogP contribution < -0.4 is 5.23 Å². The van der Waals surface area contributed by atoms with Crippen molar-refractivity contribution >= 4 is 29.6 Å². The van der Waals surface area contributed by atoms with Crippen molar-refractivity contribution in [3.8, 4) is 0 Å². The lowest BCUT2D eigenvalue weighted by atomic mass is 10.2. The number of fused-ring (bicyclic) bond motifs is 3. The number of aryl methyl sites for hydroxylation is 2. The van der Waals surface area contributed by atoms with E-state index in [9.17, 15) is 0 Å². The standard InChI is InChI=1S/C17H23BN4O/c1-3-16-21-15-12-19-14-9-5-4-8-13(14)17(15)22(16)11-7-6-10-20-18-23-2/h4-5,8-9,12,18,20H,3,6-7,10-11H2,1-2H3. The molecule has 5 nitrogen and oxygen atoms in total. The van der Waals surface area contributed by atoms with Gasteiger partial charge in [0.25, 0.3) is 0 Å². The van der Waals surface area contributed by atoms with E-state index in [0.717, 1.165) is 49.2 Å². The van der Waals surface area contributed by atoms with Gasteiger partial charge in [0.05, 0.1) is 17.2 Å². The van der Waals surface area contributed by atoms with E-state index in [1.54, 1.807) is 7.11 Å². The number of unbranched alkanes of at least 4 members (excludes halogenated alkanes) is 1. The highest BCUT2D eigenvalue weighted by atomic mass is 16.4. The molecule has 0 radical (unpaired) electrons. The summed E-state index contributed by atoms with van der Waals surface area (Å²) in [6.07, 6.45) is 5.07. The molecule has 1 aromatic carbocycles. The van der Waals surface area contributed by atoms with Crippen molar-refractivity contribution in [3.05, 3.63) is 36.3 Å². The number of nitrogens with one attached hydrogen (secondary N) is 1. The molecule has 0 saturated carbocycles. The minimum absolute atomic E-state index is 0.616. The van der Waals surface area contributed by atoms with E-state index in [1.807, 2.05) is 12.3 Å². The Morgan fingerprint density at radius 2 is 2.09 bits per heavy atom. The lowest BCUT2D eigenvalue weighted by Crippen LogP contribution is -2.22. The van der Waals surface area contributed by atoms with Gasteiger partial charge >= 0.3 is 7.62 Å². The zero-order valence-electron chi connectivity index (χ0n) is 13.9. The lowest BCUT2D eigenvalue weighted by Gasteiger charge is -2.10. The number of imidazole rings is 1. The van der Waals surface area contributed by atoms with Crippen LogP contribution in [-0.4, -0.2) is 35.8 Å². The number of benzene rings is 1.